The van der Waals surface area contributed by atoms with Crippen molar-refractivity contribution in [2.24, 2.45) is 0 Å². The van der Waals surface area contributed by atoms with Gasteiger partial charge >= 0.3 is 10.2 Å². The monoisotopic (exact) mass is 291 g/mol. The molecular formula is C9H10ClN3O2S2. The van der Waals surface area contributed by atoms with Gasteiger partial charge in [0.25, 0.3) is 0 Å². The second-order valence-electron chi connectivity index (χ2n) is 3.23. The molecule has 0 bridgehead atoms. The molecule has 0 spiro atoms. The number of nitrogens with one attached hydrogen (secondary N) is 2. The van der Waals surface area contributed by atoms with E-state index >= 15 is 0 Å². The molecule has 8 heteroatoms. The second-order valence-corrected chi connectivity index (χ2v) is 6.20. The number of hydrogen-bond donors (Lipinski definition) is 2. The Labute approximate surface area is 108 Å². The predicted molar refractivity (Wildman–Crippen MR) is 70.8 cm³/mol. The van der Waals surface area contributed by atoms with Crippen LogP contribution in [-0.2, 0) is 10.2 Å². The Morgan fingerprint density at radius 2 is 2.24 bits per heavy atom. The predicted octanol–water partition coefficient (Wildman–Crippen LogP) is 2.22. The van der Waals surface area contributed by atoms with Gasteiger partial charge in [0.15, 0.2) is 5.13 Å². The van der Waals surface area contributed by atoms with Gasteiger partial charge in [-0.15, -0.1) is 0 Å². The normalized spacial score (nSPS) is 11.9. The van der Waals surface area contributed by atoms with Crippen LogP contribution in [0.5, 0.6) is 0 Å². The lowest BCUT2D eigenvalue weighted by molar-refractivity contribution is 0.589. The summed E-state index contributed by atoms with van der Waals surface area (Å²) in [5, 5.41) is 0.922. The Bertz CT molecular complexity index is 639. The Morgan fingerprint density at radius 1 is 1.47 bits per heavy atom. The molecule has 0 unspecified atom stereocenters. The number of nitrogens with zero attached hydrogens (tertiary/aromatic N) is 1. The minimum Gasteiger partial charge on any atom is -0.246 e. The van der Waals surface area contributed by atoms with E-state index in [1.165, 1.54) is 11.3 Å². The lowest BCUT2D eigenvalue weighted by atomic mass is 10.3. The molecule has 1 heterocycles. The molecule has 0 atom stereocenters. The van der Waals surface area contributed by atoms with Crippen molar-refractivity contribution in [3.8, 4) is 0 Å². The van der Waals surface area contributed by atoms with Crippen molar-refractivity contribution in [1.29, 1.82) is 0 Å². The number of anilines is 1. The van der Waals surface area contributed by atoms with Crippen molar-refractivity contribution >= 4 is 48.5 Å². The van der Waals surface area contributed by atoms with Crippen LogP contribution >= 0.6 is 22.9 Å². The summed E-state index contributed by atoms with van der Waals surface area (Å²) in [7, 11) is -3.53. The van der Waals surface area contributed by atoms with Crippen LogP contribution in [0.15, 0.2) is 18.2 Å². The van der Waals surface area contributed by atoms with Crippen molar-refractivity contribution in [3.05, 3.63) is 23.2 Å². The maximum Gasteiger partial charge on any atom is 0.300 e. The molecule has 2 rings (SSSR count). The number of fused-ring (bicyclic) bond motifs is 1. The summed E-state index contributed by atoms with van der Waals surface area (Å²) < 4.78 is 28.4. The fraction of sp³-hybridized carbons (Fsp3) is 0.222. The molecule has 0 aliphatic carbocycles. The number of halogens is 1. The Morgan fingerprint density at radius 3 is 2.94 bits per heavy atom. The van der Waals surface area contributed by atoms with Gasteiger partial charge in [0.05, 0.1) is 10.2 Å². The smallest absolute Gasteiger partial charge is 0.246 e. The summed E-state index contributed by atoms with van der Waals surface area (Å²) in [6.07, 6.45) is 0. The van der Waals surface area contributed by atoms with Gasteiger partial charge in [0.2, 0.25) is 0 Å². The van der Waals surface area contributed by atoms with Crippen LogP contribution in [0.4, 0.5) is 5.13 Å². The molecule has 0 fully saturated rings. The first-order valence-electron chi connectivity index (χ1n) is 4.83. The third-order valence-corrected chi connectivity index (χ3v) is 4.34. The molecule has 0 aliphatic heterocycles. The van der Waals surface area contributed by atoms with E-state index in [0.717, 1.165) is 4.70 Å². The SMILES string of the molecule is CCNS(=O)(=O)Nc1nc2ccc(Cl)cc2s1. The van der Waals surface area contributed by atoms with E-state index in [1.807, 2.05) is 0 Å². The van der Waals surface area contributed by atoms with Gasteiger partial charge in [-0.25, -0.2) is 9.71 Å². The summed E-state index contributed by atoms with van der Waals surface area (Å²) in [6, 6.07) is 5.21. The van der Waals surface area contributed by atoms with E-state index in [1.54, 1.807) is 25.1 Å². The highest BCUT2D eigenvalue weighted by Gasteiger charge is 2.11. The quantitative estimate of drug-likeness (QED) is 0.907. The van der Waals surface area contributed by atoms with E-state index in [2.05, 4.69) is 14.4 Å². The average Bonchev–Trinajstić information content (AvgIpc) is 2.57. The van der Waals surface area contributed by atoms with Crippen LogP contribution in [0, 0.1) is 0 Å². The maximum atomic E-state index is 11.5. The Kier molecular flexibility index (Phi) is 3.53. The van der Waals surface area contributed by atoms with E-state index in [9.17, 15) is 8.42 Å². The lowest BCUT2D eigenvalue weighted by Gasteiger charge is -2.03. The van der Waals surface area contributed by atoms with E-state index < -0.39 is 10.2 Å². The van der Waals surface area contributed by atoms with Gasteiger partial charge in [-0.3, -0.25) is 0 Å². The fourth-order valence-electron chi connectivity index (χ4n) is 1.28. The largest absolute Gasteiger partial charge is 0.300 e. The van der Waals surface area contributed by atoms with Crippen LogP contribution in [-0.4, -0.2) is 19.9 Å². The Hall–Kier alpha value is -0.890. The maximum absolute atomic E-state index is 11.5. The summed E-state index contributed by atoms with van der Waals surface area (Å²) in [5.41, 5.74) is 0.716. The highest BCUT2D eigenvalue weighted by molar-refractivity contribution is 7.91. The van der Waals surface area contributed by atoms with Crippen molar-refractivity contribution in [2.45, 2.75) is 6.92 Å². The minimum absolute atomic E-state index is 0.322. The molecule has 2 aromatic rings. The first-order valence-corrected chi connectivity index (χ1v) is 7.51. The van der Waals surface area contributed by atoms with Crippen molar-refractivity contribution in [3.63, 3.8) is 0 Å². The lowest BCUT2D eigenvalue weighted by Crippen LogP contribution is -2.29. The zero-order valence-corrected chi connectivity index (χ0v) is 11.3. The summed E-state index contributed by atoms with van der Waals surface area (Å²) in [6.45, 7) is 2.03. The highest BCUT2D eigenvalue weighted by Crippen LogP contribution is 2.28. The third-order valence-electron chi connectivity index (χ3n) is 1.91. The van der Waals surface area contributed by atoms with Crippen molar-refractivity contribution < 1.29 is 8.42 Å². The van der Waals surface area contributed by atoms with Gasteiger partial charge in [0.1, 0.15) is 0 Å². The molecule has 1 aromatic carbocycles. The van der Waals surface area contributed by atoms with Gasteiger partial charge in [-0.05, 0) is 18.2 Å². The topological polar surface area (TPSA) is 71.1 Å². The van der Waals surface area contributed by atoms with Gasteiger partial charge < -0.3 is 0 Å². The van der Waals surface area contributed by atoms with Crippen LogP contribution in [0.3, 0.4) is 0 Å². The summed E-state index contributed by atoms with van der Waals surface area (Å²) in [5.74, 6) is 0. The van der Waals surface area contributed by atoms with E-state index in [0.29, 0.717) is 22.2 Å². The molecule has 5 nitrogen and oxygen atoms in total. The molecule has 92 valence electrons. The Balaban J connectivity index is 2.31. The summed E-state index contributed by atoms with van der Waals surface area (Å²) in [4.78, 5) is 4.15. The first-order chi connectivity index (χ1) is 8.00. The van der Waals surface area contributed by atoms with Crippen molar-refractivity contribution in [2.75, 3.05) is 11.3 Å². The number of thiazole rings is 1. The number of rotatable bonds is 4. The minimum atomic E-state index is -3.53. The molecule has 0 aliphatic rings. The molecule has 0 radical (unpaired) electrons. The third kappa shape index (κ3) is 3.06. The van der Waals surface area contributed by atoms with Gasteiger partial charge in [0, 0.05) is 11.6 Å². The molecule has 17 heavy (non-hydrogen) atoms. The van der Waals surface area contributed by atoms with Crippen LogP contribution < -0.4 is 9.44 Å². The second kappa shape index (κ2) is 4.77. The highest BCUT2D eigenvalue weighted by atomic mass is 35.5. The standard InChI is InChI=1S/C9H10ClN3O2S2/c1-2-11-17(14,15)13-9-12-7-4-3-6(10)5-8(7)16-9/h3-5,11H,2H2,1H3,(H,12,13). The molecule has 2 N–H and O–H groups in total. The van der Waals surface area contributed by atoms with Crippen LogP contribution in [0.2, 0.25) is 5.02 Å². The van der Waals surface area contributed by atoms with E-state index in [-0.39, 0.29) is 0 Å². The first kappa shape index (κ1) is 12.6. The average molecular weight is 292 g/mol. The zero-order valence-electron chi connectivity index (χ0n) is 8.90. The van der Waals surface area contributed by atoms with Gasteiger partial charge in [-0.1, -0.05) is 29.9 Å². The fourth-order valence-corrected chi connectivity index (χ4v) is 3.50. The summed E-state index contributed by atoms with van der Waals surface area (Å²) >= 11 is 7.08. The van der Waals surface area contributed by atoms with Crippen LogP contribution in [0.1, 0.15) is 6.92 Å². The van der Waals surface area contributed by atoms with Gasteiger partial charge in [-0.2, -0.15) is 13.1 Å². The molecule has 1 aromatic heterocycles. The number of benzene rings is 1. The molecule has 0 saturated heterocycles. The zero-order chi connectivity index (χ0) is 12.5. The molecule has 0 saturated carbocycles. The van der Waals surface area contributed by atoms with Crippen molar-refractivity contribution in [1.82, 2.24) is 9.71 Å². The number of aromatic nitrogens is 1. The van der Waals surface area contributed by atoms with Crippen LogP contribution in [0.25, 0.3) is 10.2 Å². The molecular weight excluding hydrogens is 282 g/mol. The van der Waals surface area contributed by atoms with E-state index in [4.69, 9.17) is 11.6 Å². The number of hydrogen-bond acceptors (Lipinski definition) is 4. The molecule has 0 amide bonds.